The molecular weight excluding hydrogens is 434 g/mol. The van der Waals surface area contributed by atoms with E-state index in [9.17, 15) is 22.8 Å². The molecule has 0 saturated carbocycles. The topological polar surface area (TPSA) is 107 Å². The standard InChI is InChI=1S/C23H23NO7S/c1-24(18-9-10-32(28,29)14-18)21(25)13-30-22(26)16-7-8-19-17(11-16)12-20(31-23(19)27)15-5-3-2-4-6-15/h2-8,11,18,20H,9-10,12-14H2,1H3. The molecule has 2 atom stereocenters. The van der Waals surface area contributed by atoms with Crippen molar-refractivity contribution in [1.82, 2.24) is 4.90 Å². The second-order valence-corrected chi connectivity index (χ2v) is 10.2. The maximum atomic E-state index is 12.5. The number of esters is 2. The molecule has 1 amide bonds. The molecule has 1 fully saturated rings. The summed E-state index contributed by atoms with van der Waals surface area (Å²) in [7, 11) is -1.62. The fraction of sp³-hybridized carbons (Fsp3) is 0.348. The van der Waals surface area contributed by atoms with Gasteiger partial charge < -0.3 is 14.4 Å². The molecule has 4 rings (SSSR count). The van der Waals surface area contributed by atoms with E-state index < -0.39 is 46.4 Å². The van der Waals surface area contributed by atoms with Gasteiger partial charge in [0, 0.05) is 19.5 Å². The fourth-order valence-corrected chi connectivity index (χ4v) is 5.75. The number of likely N-dealkylation sites (N-methyl/N-ethyl adjacent to an activating group) is 1. The van der Waals surface area contributed by atoms with Crippen molar-refractivity contribution >= 4 is 27.7 Å². The zero-order valence-electron chi connectivity index (χ0n) is 17.5. The molecule has 0 radical (unpaired) electrons. The lowest BCUT2D eigenvalue weighted by Crippen LogP contribution is -2.40. The minimum atomic E-state index is -3.13. The normalized spacial score (nSPS) is 21.3. The Hall–Kier alpha value is -3.20. The molecule has 2 aromatic rings. The summed E-state index contributed by atoms with van der Waals surface area (Å²) in [6.07, 6.45) is 0.354. The summed E-state index contributed by atoms with van der Waals surface area (Å²) in [5, 5.41) is 0. The molecule has 0 aliphatic carbocycles. The molecule has 0 N–H and O–H groups in total. The van der Waals surface area contributed by atoms with Gasteiger partial charge >= 0.3 is 11.9 Å². The minimum Gasteiger partial charge on any atom is -0.454 e. The molecule has 2 aromatic carbocycles. The van der Waals surface area contributed by atoms with Gasteiger partial charge in [-0.15, -0.1) is 0 Å². The van der Waals surface area contributed by atoms with E-state index in [0.717, 1.165) is 5.56 Å². The SMILES string of the molecule is CN(C(=O)COC(=O)c1ccc2c(c1)CC(c1ccccc1)OC2=O)C1CCS(=O)(=O)C1. The van der Waals surface area contributed by atoms with E-state index in [1.165, 1.54) is 24.1 Å². The predicted octanol–water partition coefficient (Wildman–Crippen LogP) is 1.94. The molecule has 0 spiro atoms. The van der Waals surface area contributed by atoms with Gasteiger partial charge in [0.2, 0.25) is 0 Å². The van der Waals surface area contributed by atoms with Gasteiger partial charge in [0.15, 0.2) is 16.4 Å². The number of amides is 1. The second-order valence-electron chi connectivity index (χ2n) is 8.02. The Labute approximate surface area is 186 Å². The number of sulfone groups is 1. The summed E-state index contributed by atoms with van der Waals surface area (Å²) in [6.45, 7) is -0.488. The van der Waals surface area contributed by atoms with Crippen LogP contribution in [0.15, 0.2) is 48.5 Å². The van der Waals surface area contributed by atoms with Crippen LogP contribution < -0.4 is 0 Å². The largest absolute Gasteiger partial charge is 0.454 e. The molecule has 2 aliphatic rings. The average molecular weight is 458 g/mol. The quantitative estimate of drug-likeness (QED) is 0.632. The number of rotatable bonds is 5. The first-order valence-corrected chi connectivity index (χ1v) is 12.1. The summed E-state index contributed by atoms with van der Waals surface area (Å²) < 4.78 is 33.9. The van der Waals surface area contributed by atoms with Gasteiger partial charge in [-0.25, -0.2) is 18.0 Å². The Morgan fingerprint density at radius 3 is 2.59 bits per heavy atom. The number of cyclic esters (lactones) is 1. The highest BCUT2D eigenvalue weighted by Gasteiger charge is 2.33. The molecular formula is C23H23NO7S. The number of hydrogen-bond acceptors (Lipinski definition) is 7. The van der Waals surface area contributed by atoms with E-state index in [0.29, 0.717) is 24.0 Å². The molecule has 0 bridgehead atoms. The lowest BCUT2D eigenvalue weighted by molar-refractivity contribution is -0.134. The van der Waals surface area contributed by atoms with Gasteiger partial charge in [-0.2, -0.15) is 0 Å². The van der Waals surface area contributed by atoms with Crippen LogP contribution >= 0.6 is 0 Å². The van der Waals surface area contributed by atoms with Crippen LogP contribution in [-0.4, -0.2) is 62.4 Å². The van der Waals surface area contributed by atoms with Crippen LogP contribution in [0.2, 0.25) is 0 Å². The molecule has 2 aliphatic heterocycles. The number of carbonyl (C=O) groups is 3. The monoisotopic (exact) mass is 457 g/mol. The zero-order chi connectivity index (χ0) is 22.9. The number of nitrogens with zero attached hydrogens (tertiary/aromatic N) is 1. The van der Waals surface area contributed by atoms with E-state index in [4.69, 9.17) is 9.47 Å². The van der Waals surface area contributed by atoms with E-state index in [-0.39, 0.29) is 17.1 Å². The first-order chi connectivity index (χ1) is 15.2. The van der Waals surface area contributed by atoms with E-state index in [1.807, 2.05) is 30.3 Å². The molecule has 1 saturated heterocycles. The van der Waals surface area contributed by atoms with Gasteiger partial charge in [-0.1, -0.05) is 30.3 Å². The molecule has 2 unspecified atom stereocenters. The van der Waals surface area contributed by atoms with Gasteiger partial charge in [-0.3, -0.25) is 4.79 Å². The van der Waals surface area contributed by atoms with Crippen molar-refractivity contribution in [1.29, 1.82) is 0 Å². The fourth-order valence-electron chi connectivity index (χ4n) is 3.97. The maximum Gasteiger partial charge on any atom is 0.339 e. The van der Waals surface area contributed by atoms with Crippen LogP contribution in [0.25, 0.3) is 0 Å². The summed E-state index contributed by atoms with van der Waals surface area (Å²) in [5.74, 6) is -1.64. The molecule has 0 aromatic heterocycles. The number of ether oxygens (including phenoxy) is 2. The number of carbonyl (C=O) groups excluding carboxylic acids is 3. The predicted molar refractivity (Wildman–Crippen MR) is 115 cm³/mol. The molecule has 2 heterocycles. The maximum absolute atomic E-state index is 12.5. The smallest absolute Gasteiger partial charge is 0.339 e. The van der Waals surface area contributed by atoms with Gasteiger partial charge in [0.1, 0.15) is 6.10 Å². The second kappa shape index (κ2) is 8.74. The van der Waals surface area contributed by atoms with E-state index >= 15 is 0 Å². The van der Waals surface area contributed by atoms with Crippen molar-refractivity contribution in [2.24, 2.45) is 0 Å². The molecule has 9 heteroatoms. The zero-order valence-corrected chi connectivity index (χ0v) is 18.3. The van der Waals surface area contributed by atoms with Gasteiger partial charge in [-0.05, 0) is 35.7 Å². The van der Waals surface area contributed by atoms with Crippen LogP contribution in [0, 0.1) is 0 Å². The highest BCUT2D eigenvalue weighted by molar-refractivity contribution is 7.91. The van der Waals surface area contributed by atoms with Crippen LogP contribution in [0.3, 0.4) is 0 Å². The summed E-state index contributed by atoms with van der Waals surface area (Å²) >= 11 is 0. The molecule has 8 nitrogen and oxygen atoms in total. The van der Waals surface area contributed by atoms with Gasteiger partial charge in [0.05, 0.1) is 22.6 Å². The third-order valence-electron chi connectivity index (χ3n) is 5.86. The third kappa shape index (κ3) is 4.67. The Kier molecular flexibility index (Phi) is 6.01. The Balaban J connectivity index is 1.41. The van der Waals surface area contributed by atoms with E-state index in [1.54, 1.807) is 6.07 Å². The first-order valence-electron chi connectivity index (χ1n) is 10.3. The van der Waals surface area contributed by atoms with Crippen LogP contribution in [0.1, 0.15) is 44.4 Å². The van der Waals surface area contributed by atoms with Crippen LogP contribution in [-0.2, 0) is 30.5 Å². The lowest BCUT2D eigenvalue weighted by atomic mass is 9.93. The van der Waals surface area contributed by atoms with Crippen LogP contribution in [0.4, 0.5) is 0 Å². The van der Waals surface area contributed by atoms with E-state index in [2.05, 4.69) is 0 Å². The third-order valence-corrected chi connectivity index (χ3v) is 7.61. The number of benzene rings is 2. The van der Waals surface area contributed by atoms with Crippen molar-refractivity contribution in [3.05, 3.63) is 70.8 Å². The number of fused-ring (bicyclic) bond motifs is 1. The number of hydrogen-bond donors (Lipinski definition) is 0. The minimum absolute atomic E-state index is 0.0522. The molecule has 32 heavy (non-hydrogen) atoms. The Morgan fingerprint density at radius 1 is 1.16 bits per heavy atom. The van der Waals surface area contributed by atoms with Crippen molar-refractivity contribution in [2.45, 2.75) is 25.0 Å². The highest BCUT2D eigenvalue weighted by Crippen LogP contribution is 2.31. The Bertz CT molecular complexity index is 1160. The summed E-state index contributed by atoms with van der Waals surface area (Å²) in [5.41, 5.74) is 2.15. The summed E-state index contributed by atoms with van der Waals surface area (Å²) in [6, 6.07) is 13.5. The lowest BCUT2D eigenvalue weighted by Gasteiger charge is -2.25. The first kappa shape index (κ1) is 22.0. The van der Waals surface area contributed by atoms with Crippen molar-refractivity contribution in [3.63, 3.8) is 0 Å². The average Bonchev–Trinajstić information content (AvgIpc) is 3.16. The van der Waals surface area contributed by atoms with Crippen molar-refractivity contribution in [2.75, 3.05) is 25.2 Å². The Morgan fingerprint density at radius 2 is 1.91 bits per heavy atom. The van der Waals surface area contributed by atoms with Crippen molar-refractivity contribution in [3.8, 4) is 0 Å². The molecule has 168 valence electrons. The highest BCUT2D eigenvalue weighted by atomic mass is 32.2. The van der Waals surface area contributed by atoms with Gasteiger partial charge in [0.25, 0.3) is 5.91 Å². The van der Waals surface area contributed by atoms with Crippen molar-refractivity contribution < 1.29 is 32.3 Å². The van der Waals surface area contributed by atoms with Crippen LogP contribution in [0.5, 0.6) is 0 Å². The summed E-state index contributed by atoms with van der Waals surface area (Å²) in [4.78, 5) is 38.6.